The first-order valence-electron chi connectivity index (χ1n) is 9.20. The molecule has 1 aromatic carbocycles. The molecule has 4 aromatic heterocycles. The third-order valence-corrected chi connectivity index (χ3v) is 8.25. The minimum absolute atomic E-state index is 0.165. The van der Waals surface area contributed by atoms with E-state index in [9.17, 15) is 9.59 Å². The van der Waals surface area contributed by atoms with Crippen LogP contribution in [0.15, 0.2) is 39.5 Å². The number of rotatable bonds is 6. The van der Waals surface area contributed by atoms with Gasteiger partial charge in [-0.1, -0.05) is 47.4 Å². The Balaban J connectivity index is 1.32. The Morgan fingerprint density at radius 2 is 2.16 bits per heavy atom. The highest BCUT2D eigenvalue weighted by Crippen LogP contribution is 2.33. The van der Waals surface area contributed by atoms with Crippen LogP contribution in [0, 0.1) is 11.4 Å². The molecule has 0 aliphatic heterocycles. The summed E-state index contributed by atoms with van der Waals surface area (Å²) in [5, 5.41) is 10.8. The van der Waals surface area contributed by atoms with Crippen molar-refractivity contribution in [1.29, 1.82) is 0 Å². The minimum Gasteiger partial charge on any atom is -0.321 e. The van der Waals surface area contributed by atoms with E-state index in [-0.39, 0.29) is 11.5 Å². The van der Waals surface area contributed by atoms with Gasteiger partial charge in [0, 0.05) is 23.6 Å². The molecular formula is C20H13N5O2S4. The van der Waals surface area contributed by atoms with Gasteiger partial charge in [0.1, 0.15) is 9.88 Å². The van der Waals surface area contributed by atoms with Crippen LogP contribution in [0.1, 0.15) is 27.3 Å². The zero-order valence-electron chi connectivity index (χ0n) is 16.0. The highest BCUT2D eigenvalue weighted by molar-refractivity contribution is 8.00. The van der Waals surface area contributed by atoms with Crippen molar-refractivity contribution in [3.63, 3.8) is 0 Å². The average molecular weight is 484 g/mol. The Bertz CT molecular complexity index is 1450. The van der Waals surface area contributed by atoms with Crippen LogP contribution in [-0.4, -0.2) is 25.5 Å². The average Bonchev–Trinajstić information content (AvgIpc) is 3.50. The van der Waals surface area contributed by atoms with Crippen LogP contribution in [0.4, 0.5) is 5.69 Å². The molecule has 1 amide bonds. The van der Waals surface area contributed by atoms with E-state index in [0.29, 0.717) is 27.0 Å². The minimum atomic E-state index is -0.178. The number of nitrogens with zero attached hydrogens (tertiary/aromatic N) is 4. The van der Waals surface area contributed by atoms with Gasteiger partial charge in [-0.05, 0) is 30.0 Å². The van der Waals surface area contributed by atoms with E-state index < -0.39 is 0 Å². The van der Waals surface area contributed by atoms with Crippen molar-refractivity contribution in [2.24, 2.45) is 0 Å². The topological polar surface area (TPSA) is 89.3 Å². The molecule has 0 atom stereocenters. The standard InChI is InChI=1S/C20H13N5O2S4/c1-2-16-24-25-17(26)9-12(22-19(25)31-16)10-29-20-23-13-6-5-11(8-15(13)30-20)21-18(27)14-4-3-7-28-14/h4-6,8-9H,2,10H2,1H3,(H,21,27). The summed E-state index contributed by atoms with van der Waals surface area (Å²) >= 11 is 5.74. The number of aromatic nitrogens is 4. The molecule has 0 bridgehead atoms. The third-order valence-electron chi connectivity index (χ3n) is 4.26. The van der Waals surface area contributed by atoms with Crippen molar-refractivity contribution in [3.05, 3.63) is 67.7 Å². The molecule has 0 unspecified atom stereocenters. The summed E-state index contributed by atoms with van der Waals surface area (Å²) in [6.45, 7) is 2.00. The predicted molar refractivity (Wildman–Crippen MR) is 126 cm³/mol. The Hall–Kier alpha value is -2.78. The number of anilines is 1. The summed E-state index contributed by atoms with van der Waals surface area (Å²) in [7, 11) is 0. The number of hydrogen-bond acceptors (Lipinski definition) is 9. The Labute approximate surface area is 192 Å². The highest BCUT2D eigenvalue weighted by Gasteiger charge is 2.12. The third kappa shape index (κ3) is 4.20. The van der Waals surface area contributed by atoms with Gasteiger partial charge in [0.2, 0.25) is 4.96 Å². The van der Waals surface area contributed by atoms with Gasteiger partial charge in [0.05, 0.1) is 15.9 Å². The van der Waals surface area contributed by atoms with Gasteiger partial charge in [0.15, 0.2) is 4.34 Å². The lowest BCUT2D eigenvalue weighted by molar-refractivity contribution is 0.103. The maximum absolute atomic E-state index is 12.3. The monoisotopic (exact) mass is 483 g/mol. The number of thioether (sulfide) groups is 1. The van der Waals surface area contributed by atoms with E-state index in [1.807, 2.05) is 25.1 Å². The van der Waals surface area contributed by atoms with Crippen LogP contribution in [0.2, 0.25) is 0 Å². The summed E-state index contributed by atoms with van der Waals surface area (Å²) < 4.78 is 3.21. The molecule has 1 N–H and O–H groups in total. The van der Waals surface area contributed by atoms with Crippen LogP contribution in [0.25, 0.3) is 15.2 Å². The smallest absolute Gasteiger partial charge is 0.275 e. The van der Waals surface area contributed by atoms with E-state index in [1.54, 1.807) is 17.4 Å². The van der Waals surface area contributed by atoms with Gasteiger partial charge < -0.3 is 5.32 Å². The first-order valence-corrected chi connectivity index (χ1v) is 12.6. The number of benzene rings is 1. The van der Waals surface area contributed by atoms with E-state index in [4.69, 9.17) is 0 Å². The molecule has 154 valence electrons. The van der Waals surface area contributed by atoms with Gasteiger partial charge in [-0.15, -0.1) is 11.3 Å². The SMILES string of the molecule is CCc1nn2c(=O)cc(CSc3nc4ccc(NC(=O)c5cc#cs5)cc4s3)nc2s1. The molecule has 0 fully saturated rings. The molecule has 7 nitrogen and oxygen atoms in total. The summed E-state index contributed by atoms with van der Waals surface area (Å²) in [6, 6.07) is 11.5. The number of nitrogens with one attached hydrogen (secondary N) is 1. The van der Waals surface area contributed by atoms with Gasteiger partial charge in [0.25, 0.3) is 11.5 Å². The van der Waals surface area contributed by atoms with Gasteiger partial charge in [-0.3, -0.25) is 9.59 Å². The van der Waals surface area contributed by atoms with Crippen molar-refractivity contribution < 1.29 is 4.79 Å². The van der Waals surface area contributed by atoms with Crippen LogP contribution in [0.5, 0.6) is 0 Å². The lowest BCUT2D eigenvalue weighted by Gasteiger charge is -2.02. The van der Waals surface area contributed by atoms with Crippen molar-refractivity contribution in [2.75, 3.05) is 5.32 Å². The van der Waals surface area contributed by atoms with E-state index in [1.165, 1.54) is 45.0 Å². The number of fused-ring (bicyclic) bond motifs is 2. The molecule has 0 aliphatic carbocycles. The van der Waals surface area contributed by atoms with Crippen LogP contribution >= 0.6 is 45.8 Å². The highest BCUT2D eigenvalue weighted by atomic mass is 32.2. The quantitative estimate of drug-likeness (QED) is 0.357. The fourth-order valence-electron chi connectivity index (χ4n) is 2.80. The second kappa shape index (κ2) is 8.39. The van der Waals surface area contributed by atoms with Gasteiger partial charge in [-0.2, -0.15) is 9.61 Å². The Kier molecular flexibility index (Phi) is 5.45. The van der Waals surface area contributed by atoms with Crippen molar-refractivity contribution >= 4 is 72.5 Å². The fourth-order valence-corrected chi connectivity index (χ4v) is 6.15. The van der Waals surface area contributed by atoms with Crippen molar-refractivity contribution in [3.8, 4) is 0 Å². The molecular weight excluding hydrogens is 471 g/mol. The number of amides is 1. The first-order chi connectivity index (χ1) is 15.1. The molecule has 31 heavy (non-hydrogen) atoms. The predicted octanol–water partition coefficient (Wildman–Crippen LogP) is 4.53. The molecule has 4 heterocycles. The van der Waals surface area contributed by atoms with Gasteiger partial charge >= 0.3 is 0 Å². The molecule has 11 heteroatoms. The molecule has 0 radical (unpaired) electrons. The summed E-state index contributed by atoms with van der Waals surface area (Å²) in [6.07, 6.45) is 0.774. The molecule has 0 saturated heterocycles. The van der Waals surface area contributed by atoms with E-state index in [0.717, 1.165) is 26.0 Å². The van der Waals surface area contributed by atoms with Crippen molar-refractivity contribution in [1.82, 2.24) is 19.6 Å². The second-order valence-electron chi connectivity index (χ2n) is 6.39. The number of hydrogen-bond donors (Lipinski definition) is 1. The fraction of sp³-hybridized carbons (Fsp3) is 0.150. The molecule has 0 aliphatic rings. The molecule has 0 spiro atoms. The summed E-state index contributed by atoms with van der Waals surface area (Å²) in [4.78, 5) is 34.9. The number of aryl methyl sites for hydroxylation is 1. The number of carbonyl (C=O) groups is 1. The Morgan fingerprint density at radius 3 is 2.97 bits per heavy atom. The number of thiazole rings is 1. The lowest BCUT2D eigenvalue weighted by atomic mass is 10.3. The van der Waals surface area contributed by atoms with E-state index in [2.05, 4.69) is 31.8 Å². The zero-order valence-corrected chi connectivity index (χ0v) is 19.3. The normalized spacial score (nSPS) is 11.1. The lowest BCUT2D eigenvalue weighted by Crippen LogP contribution is -2.15. The maximum atomic E-state index is 12.3. The van der Waals surface area contributed by atoms with Gasteiger partial charge in [-0.25, -0.2) is 9.97 Å². The molecule has 5 rings (SSSR count). The van der Waals surface area contributed by atoms with Crippen LogP contribution in [0.3, 0.4) is 0 Å². The first kappa shape index (κ1) is 20.1. The molecule has 0 saturated carbocycles. The second-order valence-corrected chi connectivity index (χ2v) is 10.5. The summed E-state index contributed by atoms with van der Waals surface area (Å²) in [5.74, 6) is 0.364. The molecule has 5 aromatic rings. The maximum Gasteiger partial charge on any atom is 0.275 e. The van der Waals surface area contributed by atoms with Crippen molar-refractivity contribution in [2.45, 2.75) is 23.4 Å². The van der Waals surface area contributed by atoms with E-state index >= 15 is 0 Å². The number of carbonyl (C=O) groups excluding carboxylic acids is 1. The largest absolute Gasteiger partial charge is 0.321 e. The van der Waals surface area contributed by atoms with Crippen LogP contribution in [-0.2, 0) is 12.2 Å². The zero-order chi connectivity index (χ0) is 21.4. The van der Waals surface area contributed by atoms with Crippen LogP contribution < -0.4 is 10.9 Å². The Morgan fingerprint density at radius 1 is 1.26 bits per heavy atom. The summed E-state index contributed by atoms with van der Waals surface area (Å²) in [5.41, 5.74) is 2.12.